The summed E-state index contributed by atoms with van der Waals surface area (Å²) in [5.41, 5.74) is 2.11. The first-order valence-corrected chi connectivity index (χ1v) is 10.2. The summed E-state index contributed by atoms with van der Waals surface area (Å²) in [7, 11) is -3.44. The number of sulfone groups is 1. The number of imidazole rings is 1. The van der Waals surface area contributed by atoms with E-state index < -0.39 is 9.84 Å². The molecule has 136 valence electrons. The molecule has 3 rings (SSSR count). The predicted octanol–water partition coefficient (Wildman–Crippen LogP) is 2.72. The molecule has 0 fully saturated rings. The minimum atomic E-state index is -3.44. The molecule has 6 nitrogen and oxygen atoms in total. The van der Waals surface area contributed by atoms with Crippen molar-refractivity contribution >= 4 is 26.8 Å². The van der Waals surface area contributed by atoms with Crippen molar-refractivity contribution in [3.05, 3.63) is 59.9 Å². The molecule has 0 spiro atoms. The van der Waals surface area contributed by atoms with Gasteiger partial charge in [-0.15, -0.1) is 0 Å². The number of rotatable bonds is 7. The lowest BCUT2D eigenvalue weighted by atomic mass is 10.2. The quantitative estimate of drug-likeness (QED) is 0.625. The Balaban J connectivity index is 1.59. The second-order valence-corrected chi connectivity index (χ2v) is 8.21. The van der Waals surface area contributed by atoms with Crippen LogP contribution in [0, 0.1) is 0 Å². The Labute approximate surface area is 152 Å². The normalized spacial score (nSPS) is 11.6. The highest BCUT2D eigenvalue weighted by Crippen LogP contribution is 2.17. The molecule has 0 saturated carbocycles. The van der Waals surface area contributed by atoms with Crippen molar-refractivity contribution in [2.75, 3.05) is 12.3 Å². The molecule has 0 aliphatic heterocycles. The number of nitrogens with one attached hydrogen (secondary N) is 2. The molecule has 0 atom stereocenters. The van der Waals surface area contributed by atoms with E-state index in [4.69, 9.17) is 0 Å². The van der Waals surface area contributed by atoms with Crippen molar-refractivity contribution in [2.24, 2.45) is 0 Å². The minimum Gasteiger partial charge on any atom is -0.352 e. The Morgan fingerprint density at radius 1 is 1.12 bits per heavy atom. The van der Waals surface area contributed by atoms with Crippen LogP contribution < -0.4 is 5.32 Å². The van der Waals surface area contributed by atoms with Gasteiger partial charge in [0.15, 0.2) is 9.84 Å². The van der Waals surface area contributed by atoms with Crippen molar-refractivity contribution in [1.82, 2.24) is 15.3 Å². The maximum atomic E-state index is 12.4. The monoisotopic (exact) mass is 371 g/mol. The number of hydrogen-bond acceptors (Lipinski definition) is 4. The Kier molecular flexibility index (Phi) is 5.37. The number of carbonyl (C=O) groups is 1. The van der Waals surface area contributed by atoms with E-state index in [-0.39, 0.29) is 22.1 Å². The number of aromatic amines is 1. The summed E-state index contributed by atoms with van der Waals surface area (Å²) in [4.78, 5) is 20.2. The Morgan fingerprint density at radius 3 is 2.62 bits per heavy atom. The van der Waals surface area contributed by atoms with Gasteiger partial charge in [-0.1, -0.05) is 31.2 Å². The van der Waals surface area contributed by atoms with Crippen molar-refractivity contribution in [2.45, 2.75) is 24.7 Å². The van der Waals surface area contributed by atoms with Crippen LogP contribution in [0.1, 0.15) is 29.5 Å². The maximum Gasteiger partial charge on any atom is 0.252 e. The van der Waals surface area contributed by atoms with E-state index in [2.05, 4.69) is 15.3 Å². The molecule has 2 aromatic carbocycles. The minimum absolute atomic E-state index is 0.0383. The summed E-state index contributed by atoms with van der Waals surface area (Å²) >= 11 is 0. The number of aryl methyl sites for hydroxylation is 1. The topological polar surface area (TPSA) is 91.9 Å². The molecule has 26 heavy (non-hydrogen) atoms. The molecule has 7 heteroatoms. The number of nitrogens with zero attached hydrogens (tertiary/aromatic N) is 1. The molecule has 3 aromatic rings. The summed E-state index contributed by atoms with van der Waals surface area (Å²) in [6, 6.07) is 14.1. The average molecular weight is 371 g/mol. The Morgan fingerprint density at radius 2 is 1.85 bits per heavy atom. The zero-order chi connectivity index (χ0) is 18.6. The van der Waals surface area contributed by atoms with Gasteiger partial charge in [-0.25, -0.2) is 13.4 Å². The van der Waals surface area contributed by atoms with E-state index >= 15 is 0 Å². The van der Waals surface area contributed by atoms with Gasteiger partial charge in [0.05, 0.1) is 27.2 Å². The van der Waals surface area contributed by atoms with Crippen LogP contribution in [0.2, 0.25) is 0 Å². The molecular formula is C19H21N3O3S. The van der Waals surface area contributed by atoms with Crippen molar-refractivity contribution in [3.8, 4) is 0 Å². The second kappa shape index (κ2) is 7.70. The number of benzene rings is 2. The number of hydrogen-bond donors (Lipinski definition) is 2. The summed E-state index contributed by atoms with van der Waals surface area (Å²) < 4.78 is 24.3. The average Bonchev–Trinajstić information content (AvgIpc) is 3.08. The number of amides is 1. The van der Waals surface area contributed by atoms with E-state index in [9.17, 15) is 13.2 Å². The van der Waals surface area contributed by atoms with E-state index in [0.29, 0.717) is 19.4 Å². The van der Waals surface area contributed by atoms with Gasteiger partial charge in [0, 0.05) is 13.0 Å². The molecule has 0 saturated heterocycles. The zero-order valence-electron chi connectivity index (χ0n) is 14.5. The molecule has 1 heterocycles. The van der Waals surface area contributed by atoms with E-state index in [0.717, 1.165) is 16.9 Å². The van der Waals surface area contributed by atoms with Gasteiger partial charge in [-0.2, -0.15) is 0 Å². The van der Waals surface area contributed by atoms with Gasteiger partial charge in [-0.3, -0.25) is 4.79 Å². The third-order valence-corrected chi connectivity index (χ3v) is 5.95. The molecule has 1 aromatic heterocycles. The highest BCUT2D eigenvalue weighted by Gasteiger charge is 2.20. The van der Waals surface area contributed by atoms with E-state index in [1.165, 1.54) is 12.1 Å². The smallest absolute Gasteiger partial charge is 0.252 e. The molecule has 2 N–H and O–H groups in total. The van der Waals surface area contributed by atoms with Crippen LogP contribution in [0.3, 0.4) is 0 Å². The fourth-order valence-electron chi connectivity index (χ4n) is 2.76. The lowest BCUT2D eigenvalue weighted by Gasteiger charge is -2.09. The highest BCUT2D eigenvalue weighted by atomic mass is 32.2. The SMILES string of the molecule is CCS(=O)(=O)c1ccccc1C(=O)NCCCc1nc2ccccc2[nH]1. The van der Waals surface area contributed by atoms with Crippen molar-refractivity contribution in [1.29, 1.82) is 0 Å². The third-order valence-electron chi connectivity index (χ3n) is 4.16. The standard InChI is InChI=1S/C19H21N3O3S/c1-2-26(24,25)17-11-6-3-8-14(17)19(23)20-13-7-12-18-21-15-9-4-5-10-16(15)22-18/h3-6,8-11H,2,7,12-13H2,1H3,(H,20,23)(H,21,22). The van der Waals surface area contributed by atoms with Gasteiger partial charge in [0.2, 0.25) is 0 Å². The highest BCUT2D eigenvalue weighted by molar-refractivity contribution is 7.91. The Hall–Kier alpha value is -2.67. The van der Waals surface area contributed by atoms with Crippen LogP contribution in [0.15, 0.2) is 53.4 Å². The molecule has 0 aliphatic rings. The first-order valence-electron chi connectivity index (χ1n) is 8.55. The third kappa shape index (κ3) is 3.94. The van der Waals surface area contributed by atoms with Crippen LogP contribution in [0.5, 0.6) is 0 Å². The van der Waals surface area contributed by atoms with Gasteiger partial charge >= 0.3 is 0 Å². The van der Waals surface area contributed by atoms with Crippen LogP contribution >= 0.6 is 0 Å². The summed E-state index contributed by atoms with van der Waals surface area (Å²) in [5, 5.41) is 2.79. The fraction of sp³-hybridized carbons (Fsp3) is 0.263. The summed E-state index contributed by atoms with van der Waals surface area (Å²) in [5.74, 6) is 0.459. The van der Waals surface area contributed by atoms with Crippen molar-refractivity contribution in [3.63, 3.8) is 0 Å². The first-order chi connectivity index (χ1) is 12.5. The number of carbonyl (C=O) groups excluding carboxylic acids is 1. The largest absolute Gasteiger partial charge is 0.352 e. The fourth-order valence-corrected chi connectivity index (χ4v) is 3.85. The van der Waals surface area contributed by atoms with Crippen molar-refractivity contribution < 1.29 is 13.2 Å². The van der Waals surface area contributed by atoms with Crippen LogP contribution in [-0.2, 0) is 16.3 Å². The number of para-hydroxylation sites is 2. The zero-order valence-corrected chi connectivity index (χ0v) is 15.3. The maximum absolute atomic E-state index is 12.4. The van der Waals surface area contributed by atoms with Gasteiger partial charge < -0.3 is 10.3 Å². The summed E-state index contributed by atoms with van der Waals surface area (Å²) in [6.45, 7) is 2.01. The Bertz CT molecular complexity index is 992. The van der Waals surface area contributed by atoms with E-state index in [1.807, 2.05) is 24.3 Å². The molecule has 1 amide bonds. The number of H-pyrrole nitrogens is 1. The van der Waals surface area contributed by atoms with Crippen LogP contribution in [-0.4, -0.2) is 36.6 Å². The van der Waals surface area contributed by atoms with Gasteiger partial charge in [0.25, 0.3) is 5.91 Å². The summed E-state index contributed by atoms with van der Waals surface area (Å²) in [6.07, 6.45) is 1.40. The molecule has 0 unspecified atom stereocenters. The lowest BCUT2D eigenvalue weighted by molar-refractivity contribution is 0.0950. The number of aromatic nitrogens is 2. The van der Waals surface area contributed by atoms with Crippen LogP contribution in [0.25, 0.3) is 11.0 Å². The molecule has 0 radical (unpaired) electrons. The van der Waals surface area contributed by atoms with Crippen LogP contribution in [0.4, 0.5) is 0 Å². The molecular weight excluding hydrogens is 350 g/mol. The second-order valence-electron chi connectivity index (χ2n) is 5.96. The predicted molar refractivity (Wildman–Crippen MR) is 101 cm³/mol. The molecule has 0 aliphatic carbocycles. The number of fused-ring (bicyclic) bond motifs is 1. The molecule has 0 bridgehead atoms. The van der Waals surface area contributed by atoms with Gasteiger partial charge in [0.1, 0.15) is 5.82 Å². The van der Waals surface area contributed by atoms with Gasteiger partial charge in [-0.05, 0) is 30.7 Å². The van der Waals surface area contributed by atoms with E-state index in [1.54, 1.807) is 19.1 Å². The lowest BCUT2D eigenvalue weighted by Crippen LogP contribution is -2.26. The first kappa shape index (κ1) is 18.1.